The van der Waals surface area contributed by atoms with Gasteiger partial charge in [0.1, 0.15) is 19.3 Å². The van der Waals surface area contributed by atoms with E-state index >= 15 is 0 Å². The first-order valence-electron chi connectivity index (χ1n) is 34.3. The van der Waals surface area contributed by atoms with Crippen LogP contribution in [0.3, 0.4) is 0 Å². The second-order valence-corrected chi connectivity index (χ2v) is 28.2. The highest BCUT2D eigenvalue weighted by Gasteiger charge is 2.30. The average molecular weight is 1260 g/mol. The van der Waals surface area contributed by atoms with Crippen molar-refractivity contribution in [3.05, 3.63) is 0 Å². The number of hydrogen-bond donors (Lipinski definition) is 3. The molecule has 0 aliphatic rings. The van der Waals surface area contributed by atoms with Gasteiger partial charge in [0.15, 0.2) is 12.2 Å². The fourth-order valence-electron chi connectivity index (χ4n) is 9.83. The highest BCUT2D eigenvalue weighted by atomic mass is 31.2. The zero-order valence-electron chi connectivity index (χ0n) is 55.1. The van der Waals surface area contributed by atoms with Crippen LogP contribution >= 0.6 is 15.6 Å². The van der Waals surface area contributed by atoms with E-state index in [0.29, 0.717) is 25.7 Å². The molecule has 2 unspecified atom stereocenters. The molecule has 3 N–H and O–H groups in total. The summed E-state index contributed by atoms with van der Waals surface area (Å²) in [4.78, 5) is 72.2. The topological polar surface area (TPSA) is 237 Å². The van der Waals surface area contributed by atoms with Crippen molar-refractivity contribution < 1.29 is 80.2 Å². The zero-order chi connectivity index (χ0) is 63.1. The quantitative estimate of drug-likeness (QED) is 0.0222. The summed E-state index contributed by atoms with van der Waals surface area (Å²) in [6.07, 6.45) is 39.1. The third-order valence-corrected chi connectivity index (χ3v) is 17.0. The van der Waals surface area contributed by atoms with Gasteiger partial charge in [0.2, 0.25) is 0 Å². The third-order valence-electron chi connectivity index (χ3n) is 15.1. The van der Waals surface area contributed by atoms with E-state index in [4.69, 9.17) is 37.0 Å². The molecule has 0 rings (SSSR count). The number of carbonyl (C=O) groups is 4. The van der Waals surface area contributed by atoms with E-state index in [-0.39, 0.29) is 25.7 Å². The van der Waals surface area contributed by atoms with Gasteiger partial charge in [-0.2, -0.15) is 0 Å². The fourth-order valence-corrected chi connectivity index (χ4v) is 11.4. The Kier molecular flexibility index (Phi) is 55.9. The van der Waals surface area contributed by atoms with Gasteiger partial charge in [0.25, 0.3) is 0 Å². The van der Waals surface area contributed by atoms with Gasteiger partial charge in [-0.05, 0) is 43.4 Å². The summed E-state index contributed by atoms with van der Waals surface area (Å²) in [5, 5.41) is 10.5. The molecule has 504 valence electrons. The summed E-state index contributed by atoms with van der Waals surface area (Å²) in [6.45, 7) is 11.7. The molecule has 85 heavy (non-hydrogen) atoms. The number of ether oxygens (including phenoxy) is 4. The Balaban J connectivity index is 5.21. The van der Waals surface area contributed by atoms with Crippen molar-refractivity contribution in [3.63, 3.8) is 0 Å². The van der Waals surface area contributed by atoms with Crippen LogP contribution in [0, 0.1) is 17.8 Å². The van der Waals surface area contributed by atoms with Crippen molar-refractivity contribution in [3.8, 4) is 0 Å². The second-order valence-electron chi connectivity index (χ2n) is 25.3. The standard InChI is InChI=1S/C66H128O17P2/c1-8-9-10-11-23-33-40-47-63(68)76-53-61(83-66(71)50-43-36-29-22-20-26-32-39-46-59(6)7)55-80-84(72,73)78-51-60(67)52-79-85(74,75)81-56-62(54-77-64(69)48-41-34-27-21-19-25-31-38-45-58(4)5)82-65(70)49-42-35-28-18-16-14-12-13-15-17-24-30-37-44-57(2)3/h57-62,67H,8-56H2,1-7H3,(H,72,73)(H,74,75)/t60-,61+,62+/m0/s1. The number of phosphoric ester groups is 2. The van der Waals surface area contributed by atoms with E-state index in [1.165, 1.54) is 122 Å². The van der Waals surface area contributed by atoms with Crippen LogP contribution < -0.4 is 0 Å². The van der Waals surface area contributed by atoms with E-state index < -0.39 is 97.5 Å². The number of unbranched alkanes of at least 4 members (excludes halogenated alkanes) is 32. The van der Waals surface area contributed by atoms with Crippen molar-refractivity contribution in [2.75, 3.05) is 39.6 Å². The summed E-state index contributed by atoms with van der Waals surface area (Å²) in [5.41, 5.74) is 0. The molecular weight excluding hydrogens is 1130 g/mol. The van der Waals surface area contributed by atoms with E-state index in [2.05, 4.69) is 48.5 Å². The molecule has 0 bridgehead atoms. The molecule has 0 aromatic heterocycles. The average Bonchev–Trinajstić information content (AvgIpc) is 3.53. The predicted octanol–water partition coefficient (Wildman–Crippen LogP) is 18.3. The number of phosphoric acid groups is 2. The fraction of sp³-hybridized carbons (Fsp3) is 0.939. The maximum atomic E-state index is 13.0. The summed E-state index contributed by atoms with van der Waals surface area (Å²) in [7, 11) is -9.89. The highest BCUT2D eigenvalue weighted by molar-refractivity contribution is 7.47. The van der Waals surface area contributed by atoms with Crippen molar-refractivity contribution >= 4 is 39.5 Å². The molecule has 19 heteroatoms. The Morgan fingerprint density at radius 3 is 0.800 bits per heavy atom. The van der Waals surface area contributed by atoms with Crippen LogP contribution in [-0.4, -0.2) is 96.7 Å². The van der Waals surface area contributed by atoms with Gasteiger partial charge in [-0.15, -0.1) is 0 Å². The van der Waals surface area contributed by atoms with Crippen LogP contribution in [0.15, 0.2) is 0 Å². The molecule has 0 amide bonds. The molecule has 0 spiro atoms. The van der Waals surface area contributed by atoms with Crippen molar-refractivity contribution in [1.82, 2.24) is 0 Å². The highest BCUT2D eigenvalue weighted by Crippen LogP contribution is 2.45. The van der Waals surface area contributed by atoms with Gasteiger partial charge in [-0.3, -0.25) is 37.3 Å². The smallest absolute Gasteiger partial charge is 0.462 e. The summed E-state index contributed by atoms with van der Waals surface area (Å²) < 4.78 is 68.0. The molecule has 0 fully saturated rings. The van der Waals surface area contributed by atoms with Crippen LogP contribution in [-0.2, 0) is 65.4 Å². The number of carbonyl (C=O) groups excluding carboxylic acids is 4. The van der Waals surface area contributed by atoms with Gasteiger partial charge in [0, 0.05) is 25.7 Å². The molecule has 0 saturated heterocycles. The number of aliphatic hydroxyl groups excluding tert-OH is 1. The molecule has 5 atom stereocenters. The van der Waals surface area contributed by atoms with Crippen LogP contribution in [0.4, 0.5) is 0 Å². The monoisotopic (exact) mass is 1250 g/mol. The van der Waals surface area contributed by atoms with E-state index in [9.17, 15) is 43.2 Å². The van der Waals surface area contributed by atoms with Gasteiger partial charge in [-0.1, -0.05) is 273 Å². The lowest BCUT2D eigenvalue weighted by Gasteiger charge is -2.21. The normalized spacial score (nSPS) is 14.3. The molecule has 0 saturated carbocycles. The Labute approximate surface area is 517 Å². The molecule has 17 nitrogen and oxygen atoms in total. The minimum absolute atomic E-state index is 0.104. The van der Waals surface area contributed by atoms with Gasteiger partial charge in [0.05, 0.1) is 26.4 Å². The van der Waals surface area contributed by atoms with E-state index in [1.807, 2.05) is 0 Å². The first-order valence-corrected chi connectivity index (χ1v) is 37.3. The third kappa shape index (κ3) is 60.7. The zero-order valence-corrected chi connectivity index (χ0v) is 56.9. The summed E-state index contributed by atoms with van der Waals surface area (Å²) in [6, 6.07) is 0. The number of rotatable bonds is 64. The first-order chi connectivity index (χ1) is 40.7. The maximum absolute atomic E-state index is 13.0. The number of esters is 4. The molecular formula is C66H128O17P2. The Bertz CT molecular complexity index is 1680. The first kappa shape index (κ1) is 83.1. The minimum atomic E-state index is -4.95. The van der Waals surface area contributed by atoms with Gasteiger partial charge < -0.3 is 33.8 Å². The van der Waals surface area contributed by atoms with Crippen LogP contribution in [0.2, 0.25) is 0 Å². The lowest BCUT2D eigenvalue weighted by atomic mass is 10.0. The Morgan fingerprint density at radius 2 is 0.541 bits per heavy atom. The minimum Gasteiger partial charge on any atom is -0.462 e. The largest absolute Gasteiger partial charge is 0.472 e. The maximum Gasteiger partial charge on any atom is 0.472 e. The second kappa shape index (κ2) is 57.2. The van der Waals surface area contributed by atoms with Gasteiger partial charge >= 0.3 is 39.5 Å². The van der Waals surface area contributed by atoms with E-state index in [1.54, 1.807) is 0 Å². The Morgan fingerprint density at radius 1 is 0.318 bits per heavy atom. The molecule has 0 aliphatic carbocycles. The molecule has 0 aliphatic heterocycles. The summed E-state index contributed by atoms with van der Waals surface area (Å²) >= 11 is 0. The van der Waals surface area contributed by atoms with Crippen LogP contribution in [0.5, 0.6) is 0 Å². The lowest BCUT2D eigenvalue weighted by Crippen LogP contribution is -2.30. The van der Waals surface area contributed by atoms with E-state index in [0.717, 1.165) is 120 Å². The predicted molar refractivity (Wildman–Crippen MR) is 340 cm³/mol. The molecule has 0 aromatic rings. The summed E-state index contributed by atoms with van der Waals surface area (Å²) in [5.74, 6) is 0.0932. The molecule has 0 aromatic carbocycles. The number of aliphatic hydroxyl groups is 1. The van der Waals surface area contributed by atoms with Crippen molar-refractivity contribution in [1.29, 1.82) is 0 Å². The van der Waals surface area contributed by atoms with Crippen molar-refractivity contribution in [2.24, 2.45) is 17.8 Å². The lowest BCUT2D eigenvalue weighted by molar-refractivity contribution is -0.161. The SMILES string of the molecule is CCCCCCCCCC(=O)OC[C@H](COP(=O)(O)OC[C@H](O)COP(=O)(O)OC[C@@H](COC(=O)CCCCCCCCCCC(C)C)OC(=O)CCCCCCCCCCCCCCCC(C)C)OC(=O)CCCCCCCCCCC(C)C. The van der Waals surface area contributed by atoms with Crippen LogP contribution in [0.1, 0.15) is 325 Å². The van der Waals surface area contributed by atoms with Crippen molar-refractivity contribution in [2.45, 2.75) is 343 Å². The molecule has 0 heterocycles. The molecule has 0 radical (unpaired) electrons. The van der Waals surface area contributed by atoms with Crippen LogP contribution in [0.25, 0.3) is 0 Å². The number of hydrogen-bond acceptors (Lipinski definition) is 15. The Hall–Kier alpha value is -1.94. The van der Waals surface area contributed by atoms with Gasteiger partial charge in [-0.25, -0.2) is 9.13 Å².